The Hall–Kier alpha value is -3.15. The molecule has 1 aromatic carbocycles. The Morgan fingerprint density at radius 3 is 2.64 bits per heavy atom. The standard InChI is InChI=1S/C24H33N8O8PS/c1-42-8-7-14(25)22(34)30-15(9-13-5-3-2-4-6-13)23(35)31-17-16(10-39-41(36,37)38)40-24(19(17)33)32-12-29-18-20(26)27-11-28-21(18)32/h2-6,11-12,14-17,19,24,33H,7-10,25H2,1H3,(H,30,34)(H,31,35)(H2,26,27,28)(H2,36,37,38)/t14-,15-,16+,17+,19+,24+/m0/s1. The summed E-state index contributed by atoms with van der Waals surface area (Å²) in [4.78, 5) is 57.2. The largest absolute Gasteiger partial charge is 0.469 e. The number of thioether (sulfide) groups is 1. The second-order valence-corrected chi connectivity index (χ2v) is 11.8. The van der Waals surface area contributed by atoms with Gasteiger partial charge in [-0.25, -0.2) is 19.5 Å². The number of imidazole rings is 1. The van der Waals surface area contributed by atoms with Crippen LogP contribution < -0.4 is 22.1 Å². The normalized spacial score (nSPS) is 22.1. The number of anilines is 1. The van der Waals surface area contributed by atoms with Gasteiger partial charge in [0, 0.05) is 6.42 Å². The van der Waals surface area contributed by atoms with Crippen LogP contribution in [0.1, 0.15) is 18.2 Å². The van der Waals surface area contributed by atoms with Crippen molar-refractivity contribution in [3.05, 3.63) is 48.5 Å². The number of phosphoric ester groups is 1. The lowest BCUT2D eigenvalue weighted by atomic mass is 10.0. The molecule has 42 heavy (non-hydrogen) atoms. The number of hydrogen-bond donors (Lipinski definition) is 7. The van der Waals surface area contributed by atoms with Gasteiger partial charge in [-0.15, -0.1) is 0 Å². The molecule has 1 saturated heterocycles. The highest BCUT2D eigenvalue weighted by Gasteiger charge is 2.47. The maximum atomic E-state index is 13.6. The average Bonchev–Trinajstić information content (AvgIpc) is 3.52. The topological polar surface area (TPSA) is 250 Å². The van der Waals surface area contributed by atoms with Crippen LogP contribution in [0, 0.1) is 0 Å². The number of carbonyl (C=O) groups excluding carboxylic acids is 2. The second-order valence-electron chi connectivity index (χ2n) is 9.60. The van der Waals surface area contributed by atoms with Crippen LogP contribution in [0.2, 0.25) is 0 Å². The number of carbonyl (C=O) groups is 2. The van der Waals surface area contributed by atoms with E-state index in [4.69, 9.17) is 16.2 Å². The fraction of sp³-hybridized carbons (Fsp3) is 0.458. The number of nitrogens with zero attached hydrogens (tertiary/aromatic N) is 4. The minimum atomic E-state index is -4.93. The highest BCUT2D eigenvalue weighted by atomic mass is 32.2. The summed E-state index contributed by atoms with van der Waals surface area (Å²) in [5.74, 6) is -0.462. The van der Waals surface area contributed by atoms with Gasteiger partial charge in [0.15, 0.2) is 17.7 Å². The van der Waals surface area contributed by atoms with Gasteiger partial charge in [-0.2, -0.15) is 11.8 Å². The van der Waals surface area contributed by atoms with Gasteiger partial charge in [-0.3, -0.25) is 18.7 Å². The molecule has 6 atom stereocenters. The maximum absolute atomic E-state index is 13.6. The first kappa shape index (κ1) is 31.8. The van der Waals surface area contributed by atoms with Gasteiger partial charge >= 0.3 is 7.82 Å². The van der Waals surface area contributed by atoms with Crippen LogP contribution in [0.3, 0.4) is 0 Å². The molecule has 0 radical (unpaired) electrons. The fourth-order valence-corrected chi connectivity index (χ4v) is 5.33. The van der Waals surface area contributed by atoms with Gasteiger partial charge in [0.05, 0.1) is 25.0 Å². The third-order valence-corrected chi connectivity index (χ3v) is 7.77. The Morgan fingerprint density at radius 1 is 1.21 bits per heavy atom. The first-order valence-corrected chi connectivity index (χ1v) is 15.8. The van der Waals surface area contributed by atoms with Crippen LogP contribution in [-0.2, 0) is 29.8 Å². The van der Waals surface area contributed by atoms with Crippen LogP contribution in [0.25, 0.3) is 11.2 Å². The van der Waals surface area contributed by atoms with Crippen molar-refractivity contribution in [2.75, 3.05) is 24.3 Å². The molecule has 16 nitrogen and oxygen atoms in total. The van der Waals surface area contributed by atoms with Crippen LogP contribution >= 0.6 is 19.6 Å². The first-order chi connectivity index (χ1) is 20.0. The molecule has 0 unspecified atom stereocenters. The molecule has 3 heterocycles. The van der Waals surface area contributed by atoms with E-state index in [-0.39, 0.29) is 23.4 Å². The molecule has 1 fully saturated rings. The van der Waals surface area contributed by atoms with E-state index in [0.717, 1.165) is 5.56 Å². The summed E-state index contributed by atoms with van der Waals surface area (Å²) >= 11 is 1.53. The summed E-state index contributed by atoms with van der Waals surface area (Å²) in [6, 6.07) is 5.79. The van der Waals surface area contributed by atoms with E-state index < -0.39 is 62.8 Å². The summed E-state index contributed by atoms with van der Waals surface area (Å²) in [5, 5.41) is 16.7. The van der Waals surface area contributed by atoms with E-state index in [0.29, 0.717) is 12.2 Å². The number of nitrogen functional groups attached to an aromatic ring is 1. The van der Waals surface area contributed by atoms with E-state index in [1.54, 1.807) is 24.3 Å². The molecule has 0 spiro atoms. The SMILES string of the molecule is CSCC[C@H](N)C(=O)N[C@@H](Cc1ccccc1)C(=O)N[C@H]1[C@@H](O)[C@H](n2cnc3c(N)ncnc32)O[C@@H]1COP(=O)(O)O. The van der Waals surface area contributed by atoms with Crippen molar-refractivity contribution in [2.45, 2.75) is 49.4 Å². The molecule has 1 aliphatic rings. The zero-order chi connectivity index (χ0) is 30.4. The second kappa shape index (κ2) is 13.9. The number of aliphatic hydroxyl groups is 1. The molecule has 0 saturated carbocycles. The summed E-state index contributed by atoms with van der Waals surface area (Å²) < 4.78 is 23.4. The fourth-order valence-electron chi connectivity index (χ4n) is 4.50. The Balaban J connectivity index is 1.59. The lowest BCUT2D eigenvalue weighted by molar-refractivity contribution is -0.130. The van der Waals surface area contributed by atoms with Crippen molar-refractivity contribution in [3.8, 4) is 0 Å². The first-order valence-electron chi connectivity index (χ1n) is 12.8. The van der Waals surface area contributed by atoms with Gasteiger partial charge in [-0.1, -0.05) is 30.3 Å². The number of phosphoric acid groups is 1. The Morgan fingerprint density at radius 2 is 1.95 bits per heavy atom. The molecular weight excluding hydrogens is 591 g/mol. The number of fused-ring (bicyclic) bond motifs is 1. The number of amides is 2. The third kappa shape index (κ3) is 7.81. The van der Waals surface area contributed by atoms with E-state index in [1.165, 1.54) is 29.0 Å². The molecule has 4 rings (SSSR count). The predicted octanol–water partition coefficient (Wildman–Crippen LogP) is -0.931. The number of nitrogens with one attached hydrogen (secondary N) is 2. The molecule has 2 aromatic heterocycles. The van der Waals surface area contributed by atoms with Crippen molar-refractivity contribution in [1.29, 1.82) is 0 Å². The van der Waals surface area contributed by atoms with E-state index in [2.05, 4.69) is 30.1 Å². The number of hydrogen-bond acceptors (Lipinski definition) is 12. The van der Waals surface area contributed by atoms with E-state index in [9.17, 15) is 29.0 Å². The van der Waals surface area contributed by atoms with E-state index in [1.807, 2.05) is 12.3 Å². The summed E-state index contributed by atoms with van der Waals surface area (Å²) in [6.07, 6.45) is 1.00. The summed E-state index contributed by atoms with van der Waals surface area (Å²) in [7, 11) is -4.93. The molecule has 228 valence electrons. The Kier molecular flexibility index (Phi) is 10.5. The minimum absolute atomic E-state index is 0.0905. The molecule has 1 aliphatic heterocycles. The quantitative estimate of drug-likeness (QED) is 0.114. The van der Waals surface area contributed by atoms with E-state index >= 15 is 0 Å². The Labute approximate surface area is 244 Å². The highest BCUT2D eigenvalue weighted by molar-refractivity contribution is 7.98. The molecule has 3 aromatic rings. The van der Waals surface area contributed by atoms with Gasteiger partial charge in [0.25, 0.3) is 0 Å². The molecule has 18 heteroatoms. The molecule has 2 amide bonds. The van der Waals surface area contributed by atoms with Crippen LogP contribution in [0.15, 0.2) is 43.0 Å². The molecular formula is C24H33N8O8PS. The van der Waals surface area contributed by atoms with Gasteiger partial charge in [-0.05, 0) is 24.0 Å². The molecule has 0 aliphatic carbocycles. The number of rotatable bonds is 13. The van der Waals surface area contributed by atoms with Crippen LogP contribution in [0.5, 0.6) is 0 Å². The maximum Gasteiger partial charge on any atom is 0.469 e. The number of benzene rings is 1. The number of aliphatic hydroxyl groups excluding tert-OH is 1. The van der Waals surface area contributed by atoms with Gasteiger partial charge in [0.1, 0.15) is 30.1 Å². The zero-order valence-corrected chi connectivity index (χ0v) is 24.2. The average molecular weight is 625 g/mol. The number of nitrogens with two attached hydrogens (primary N) is 2. The van der Waals surface area contributed by atoms with Crippen molar-refractivity contribution in [1.82, 2.24) is 30.2 Å². The number of aromatic nitrogens is 4. The Bertz CT molecular complexity index is 1430. The van der Waals surface area contributed by atoms with Crippen LogP contribution in [-0.4, -0.2) is 95.2 Å². The van der Waals surface area contributed by atoms with Crippen molar-refractivity contribution < 1.29 is 38.3 Å². The monoisotopic (exact) mass is 624 g/mol. The predicted molar refractivity (Wildman–Crippen MR) is 153 cm³/mol. The van der Waals surface area contributed by atoms with Crippen molar-refractivity contribution in [2.24, 2.45) is 5.73 Å². The van der Waals surface area contributed by atoms with Gasteiger partial charge in [0.2, 0.25) is 11.8 Å². The molecule has 0 bridgehead atoms. The minimum Gasteiger partial charge on any atom is -0.386 e. The lowest BCUT2D eigenvalue weighted by Gasteiger charge is -2.26. The zero-order valence-electron chi connectivity index (χ0n) is 22.5. The number of ether oxygens (including phenoxy) is 1. The smallest absolute Gasteiger partial charge is 0.386 e. The lowest BCUT2D eigenvalue weighted by Crippen LogP contribution is -2.57. The third-order valence-electron chi connectivity index (χ3n) is 6.64. The summed E-state index contributed by atoms with van der Waals surface area (Å²) in [6.45, 7) is -0.679. The van der Waals surface area contributed by atoms with Crippen molar-refractivity contribution in [3.63, 3.8) is 0 Å². The highest BCUT2D eigenvalue weighted by Crippen LogP contribution is 2.39. The van der Waals surface area contributed by atoms with Gasteiger partial charge < -0.3 is 41.7 Å². The van der Waals surface area contributed by atoms with Crippen molar-refractivity contribution >= 4 is 48.4 Å². The summed E-state index contributed by atoms with van der Waals surface area (Å²) in [5.41, 5.74) is 13.1. The molecule has 9 N–H and O–H groups in total. The van der Waals surface area contributed by atoms with Crippen LogP contribution in [0.4, 0.5) is 5.82 Å².